The van der Waals surface area contributed by atoms with Gasteiger partial charge in [0.05, 0.1) is 23.0 Å². The Morgan fingerprint density at radius 3 is 2.61 bits per heavy atom. The predicted molar refractivity (Wildman–Crippen MR) is 156 cm³/mol. The van der Waals surface area contributed by atoms with Crippen molar-refractivity contribution in [3.05, 3.63) is 77.1 Å². The van der Waals surface area contributed by atoms with Gasteiger partial charge in [0.1, 0.15) is 5.69 Å². The lowest BCUT2D eigenvalue weighted by Crippen LogP contribution is -2.34. The molecule has 7 nitrogen and oxygen atoms in total. The highest BCUT2D eigenvalue weighted by Crippen LogP contribution is 2.35. The fourth-order valence-corrected chi connectivity index (χ4v) is 5.76. The number of thioether (sulfide) groups is 1. The van der Waals surface area contributed by atoms with Crippen LogP contribution in [-0.2, 0) is 0 Å². The molecule has 38 heavy (non-hydrogen) atoms. The summed E-state index contributed by atoms with van der Waals surface area (Å²) in [6.45, 7) is 7.61. The smallest absolute Gasteiger partial charge is 0.253 e. The third kappa shape index (κ3) is 6.03. The molecule has 1 aliphatic carbocycles. The second kappa shape index (κ2) is 12.0. The van der Waals surface area contributed by atoms with Gasteiger partial charge in [0.15, 0.2) is 5.82 Å². The number of allylic oxidation sites excluding steroid dienone is 1. The van der Waals surface area contributed by atoms with Crippen molar-refractivity contribution in [3.63, 3.8) is 0 Å². The zero-order valence-electron chi connectivity index (χ0n) is 22.2. The monoisotopic (exact) mass is 528 g/mol. The Morgan fingerprint density at radius 1 is 1.08 bits per heavy atom. The first-order valence-electron chi connectivity index (χ1n) is 13.4. The number of rotatable bonds is 7. The van der Waals surface area contributed by atoms with Gasteiger partial charge in [-0.25, -0.2) is 9.97 Å². The average Bonchev–Trinajstić information content (AvgIpc) is 3.18. The lowest BCUT2D eigenvalue weighted by atomic mass is 9.89. The molecule has 2 heterocycles. The fourth-order valence-electron chi connectivity index (χ4n) is 4.79. The molecule has 1 aromatic heterocycles. The van der Waals surface area contributed by atoms with E-state index in [0.29, 0.717) is 17.1 Å². The number of hydrogen-bond acceptors (Lipinski definition) is 7. The maximum absolute atomic E-state index is 13.0. The van der Waals surface area contributed by atoms with Crippen LogP contribution in [0.4, 0.5) is 5.82 Å². The molecular weight excluding hydrogens is 492 g/mol. The van der Waals surface area contributed by atoms with Crippen molar-refractivity contribution < 1.29 is 4.79 Å². The first-order valence-corrected chi connectivity index (χ1v) is 14.3. The van der Waals surface area contributed by atoms with Gasteiger partial charge in [-0.2, -0.15) is 0 Å². The molecule has 4 N–H and O–H groups in total. The van der Waals surface area contributed by atoms with E-state index in [1.807, 2.05) is 29.2 Å². The third-order valence-corrected chi connectivity index (χ3v) is 8.33. The van der Waals surface area contributed by atoms with Crippen LogP contribution in [0.5, 0.6) is 0 Å². The minimum Gasteiger partial charge on any atom is -0.382 e. The number of benzene rings is 2. The summed E-state index contributed by atoms with van der Waals surface area (Å²) in [7, 11) is 0. The van der Waals surface area contributed by atoms with E-state index in [4.69, 9.17) is 10.7 Å². The van der Waals surface area contributed by atoms with Crippen molar-refractivity contribution in [2.45, 2.75) is 49.8 Å². The SMILES string of the molecule is Cc1ccccc1SC(C)NC(=C1CCC1)c1nc(-c2ccc(C(=O)N3CCCNCC3)cc2)cnc1N. The van der Waals surface area contributed by atoms with Gasteiger partial charge >= 0.3 is 0 Å². The maximum atomic E-state index is 13.0. The molecule has 1 amide bonds. The largest absolute Gasteiger partial charge is 0.382 e. The van der Waals surface area contributed by atoms with Crippen molar-refractivity contribution >= 4 is 29.2 Å². The van der Waals surface area contributed by atoms with E-state index in [9.17, 15) is 4.79 Å². The summed E-state index contributed by atoms with van der Waals surface area (Å²) in [6, 6.07) is 16.1. The van der Waals surface area contributed by atoms with Crippen LogP contribution in [0.15, 0.2) is 65.2 Å². The summed E-state index contributed by atoms with van der Waals surface area (Å²) >= 11 is 1.79. The number of amides is 1. The molecule has 1 atom stereocenters. The molecule has 0 spiro atoms. The van der Waals surface area contributed by atoms with E-state index in [1.165, 1.54) is 22.5 Å². The molecule has 5 rings (SSSR count). The summed E-state index contributed by atoms with van der Waals surface area (Å²) in [5.74, 6) is 0.496. The van der Waals surface area contributed by atoms with Crippen molar-refractivity contribution in [1.29, 1.82) is 0 Å². The highest BCUT2D eigenvalue weighted by molar-refractivity contribution is 8.00. The molecule has 1 unspecified atom stereocenters. The molecule has 2 aliphatic rings. The summed E-state index contributed by atoms with van der Waals surface area (Å²) in [6.07, 6.45) is 5.94. The Bertz CT molecular complexity index is 1310. The van der Waals surface area contributed by atoms with Gasteiger partial charge in [-0.1, -0.05) is 30.3 Å². The molecule has 0 radical (unpaired) electrons. The number of anilines is 1. The molecule has 1 aliphatic heterocycles. The van der Waals surface area contributed by atoms with Crippen LogP contribution in [0, 0.1) is 6.92 Å². The summed E-state index contributed by atoms with van der Waals surface area (Å²) in [5, 5.41) is 7.17. The number of carbonyl (C=O) groups is 1. The number of nitrogen functional groups attached to an aromatic ring is 1. The van der Waals surface area contributed by atoms with E-state index < -0.39 is 0 Å². The van der Waals surface area contributed by atoms with E-state index in [0.717, 1.165) is 62.4 Å². The lowest BCUT2D eigenvalue weighted by molar-refractivity contribution is 0.0766. The van der Waals surface area contributed by atoms with Crippen LogP contribution >= 0.6 is 11.8 Å². The van der Waals surface area contributed by atoms with E-state index in [2.05, 4.69) is 53.7 Å². The quantitative estimate of drug-likeness (QED) is 0.290. The first kappa shape index (κ1) is 26.3. The number of aryl methyl sites for hydroxylation is 1. The van der Waals surface area contributed by atoms with Gasteiger partial charge < -0.3 is 21.3 Å². The van der Waals surface area contributed by atoms with Crippen LogP contribution in [0.1, 0.15) is 54.2 Å². The zero-order chi connectivity index (χ0) is 26.5. The number of hydrogen-bond donors (Lipinski definition) is 3. The van der Waals surface area contributed by atoms with Gasteiger partial charge in [-0.15, -0.1) is 11.8 Å². The fraction of sp³-hybridized carbons (Fsp3) is 0.367. The number of nitrogens with two attached hydrogens (primary N) is 1. The molecule has 1 saturated carbocycles. The van der Waals surface area contributed by atoms with Crippen LogP contribution in [0.25, 0.3) is 17.0 Å². The van der Waals surface area contributed by atoms with Crippen LogP contribution in [-0.4, -0.2) is 52.3 Å². The highest BCUT2D eigenvalue weighted by Gasteiger charge is 2.23. The zero-order valence-corrected chi connectivity index (χ0v) is 23.0. The molecular formula is C30H36N6OS. The van der Waals surface area contributed by atoms with Gasteiger partial charge in [-0.05, 0) is 75.4 Å². The molecule has 1 saturated heterocycles. The Labute approximate surface area is 229 Å². The number of carbonyl (C=O) groups excluding carboxylic acids is 1. The molecule has 2 fully saturated rings. The minimum absolute atomic E-state index is 0.0747. The van der Waals surface area contributed by atoms with Gasteiger partial charge in [0, 0.05) is 35.7 Å². The Kier molecular flexibility index (Phi) is 8.29. The maximum Gasteiger partial charge on any atom is 0.253 e. The molecule has 2 aromatic carbocycles. The lowest BCUT2D eigenvalue weighted by Gasteiger charge is -2.26. The molecule has 0 bridgehead atoms. The normalized spacial score (nSPS) is 16.4. The Hall–Kier alpha value is -3.36. The van der Waals surface area contributed by atoms with Gasteiger partial charge in [-0.3, -0.25) is 4.79 Å². The summed E-state index contributed by atoms with van der Waals surface area (Å²) in [5.41, 5.74) is 13.0. The molecule has 3 aromatic rings. The van der Waals surface area contributed by atoms with Crippen LogP contribution in [0.2, 0.25) is 0 Å². The molecule has 198 valence electrons. The van der Waals surface area contributed by atoms with Crippen molar-refractivity contribution in [1.82, 2.24) is 25.5 Å². The van der Waals surface area contributed by atoms with Crippen molar-refractivity contribution in [2.24, 2.45) is 0 Å². The third-order valence-electron chi connectivity index (χ3n) is 7.15. The molecule has 8 heteroatoms. The number of aromatic nitrogens is 2. The predicted octanol–water partition coefficient (Wildman–Crippen LogP) is 5.09. The second-order valence-corrected chi connectivity index (χ2v) is 11.3. The first-order chi connectivity index (χ1) is 18.5. The van der Waals surface area contributed by atoms with Crippen LogP contribution < -0.4 is 16.4 Å². The van der Waals surface area contributed by atoms with Crippen molar-refractivity contribution in [2.75, 3.05) is 31.9 Å². The Morgan fingerprint density at radius 2 is 1.87 bits per heavy atom. The summed E-state index contributed by atoms with van der Waals surface area (Å²) in [4.78, 5) is 25.7. The minimum atomic E-state index is 0.0747. The van der Waals surface area contributed by atoms with E-state index in [1.54, 1.807) is 18.0 Å². The van der Waals surface area contributed by atoms with Gasteiger partial charge in [0.2, 0.25) is 0 Å². The topological polar surface area (TPSA) is 96.2 Å². The van der Waals surface area contributed by atoms with Gasteiger partial charge in [0.25, 0.3) is 5.91 Å². The average molecular weight is 529 g/mol. The number of nitrogens with one attached hydrogen (secondary N) is 2. The highest BCUT2D eigenvalue weighted by atomic mass is 32.2. The van der Waals surface area contributed by atoms with E-state index in [-0.39, 0.29) is 11.3 Å². The standard InChI is InChI=1S/C30H36N6OS/c1-20-7-3-4-10-26(20)38-21(2)34-27(23-8-5-9-23)28-29(31)33-19-25(35-28)22-11-13-24(14-12-22)30(37)36-17-6-15-32-16-18-36/h3-4,7,10-14,19,21,32,34H,5-6,8-9,15-18H2,1-2H3,(H2,31,33). The summed E-state index contributed by atoms with van der Waals surface area (Å²) < 4.78 is 0. The Balaban J connectivity index is 1.37. The second-order valence-electron chi connectivity index (χ2n) is 9.96. The van der Waals surface area contributed by atoms with E-state index >= 15 is 0 Å². The van der Waals surface area contributed by atoms with Crippen molar-refractivity contribution in [3.8, 4) is 11.3 Å². The van der Waals surface area contributed by atoms with Crippen LogP contribution in [0.3, 0.4) is 0 Å². The number of nitrogens with zero attached hydrogens (tertiary/aromatic N) is 3.